The fourth-order valence-electron chi connectivity index (χ4n) is 0.423. The average Bonchev–Trinajstić information content (AvgIpc) is 1.81. The molecule has 0 aliphatic rings. The molecular formula is C5H12O6P2. The predicted molar refractivity (Wildman–Crippen MR) is 47.5 cm³/mol. The summed E-state index contributed by atoms with van der Waals surface area (Å²) in [4.78, 5) is 16.9. The Morgan fingerprint density at radius 2 is 2.15 bits per heavy atom. The van der Waals surface area contributed by atoms with Crippen molar-refractivity contribution >= 4 is 16.1 Å². The van der Waals surface area contributed by atoms with Crippen molar-refractivity contribution in [1.29, 1.82) is 0 Å². The first-order valence-electron chi connectivity index (χ1n) is 3.37. The Balaban J connectivity index is 3.97. The number of hydrogen-bond acceptors (Lipinski definition) is 4. The van der Waals surface area contributed by atoms with Gasteiger partial charge in [-0.3, -0.25) is 9.09 Å². The van der Waals surface area contributed by atoms with Crippen LogP contribution in [-0.4, -0.2) is 16.4 Å². The molecule has 2 N–H and O–H groups in total. The SMILES string of the molecule is CC(C)=CCOP(=O)(O)O[PH](=O)O. The number of phosphoric ester groups is 1. The van der Waals surface area contributed by atoms with Gasteiger partial charge in [0.1, 0.15) is 0 Å². The minimum Gasteiger partial charge on any atom is -0.326 e. The van der Waals surface area contributed by atoms with Gasteiger partial charge in [0.25, 0.3) is 0 Å². The Morgan fingerprint density at radius 3 is 2.54 bits per heavy atom. The molecule has 78 valence electrons. The van der Waals surface area contributed by atoms with Crippen molar-refractivity contribution < 1.29 is 27.8 Å². The Hall–Kier alpha value is 0.0400. The standard InChI is InChI=1S/C5H12O6P2/c1-5(2)3-4-10-13(8,9)11-12(6)7/h3,12H,4H2,1-2H3,(H,6,7)(H,8,9). The van der Waals surface area contributed by atoms with Crippen molar-refractivity contribution in [3.8, 4) is 0 Å². The highest BCUT2D eigenvalue weighted by atomic mass is 31.2. The van der Waals surface area contributed by atoms with E-state index in [4.69, 9.17) is 9.79 Å². The molecule has 8 heteroatoms. The lowest BCUT2D eigenvalue weighted by molar-refractivity contribution is 0.218. The maximum Gasteiger partial charge on any atom is 0.479 e. The molecule has 0 aliphatic carbocycles. The molecule has 2 atom stereocenters. The van der Waals surface area contributed by atoms with Crippen molar-refractivity contribution in [3.63, 3.8) is 0 Å². The van der Waals surface area contributed by atoms with E-state index in [0.717, 1.165) is 5.57 Å². The van der Waals surface area contributed by atoms with E-state index < -0.39 is 16.1 Å². The fraction of sp³-hybridized carbons (Fsp3) is 0.600. The summed E-state index contributed by atoms with van der Waals surface area (Å²) in [5, 5.41) is 0. The van der Waals surface area contributed by atoms with Gasteiger partial charge < -0.3 is 9.79 Å². The van der Waals surface area contributed by atoms with E-state index in [0.29, 0.717) is 0 Å². The largest absolute Gasteiger partial charge is 0.479 e. The van der Waals surface area contributed by atoms with Crippen molar-refractivity contribution in [2.75, 3.05) is 6.61 Å². The Bertz CT molecular complexity index is 256. The average molecular weight is 230 g/mol. The first-order chi connectivity index (χ1) is 5.83. The lowest BCUT2D eigenvalue weighted by Gasteiger charge is -2.07. The molecule has 0 fully saturated rings. The minimum absolute atomic E-state index is 0.134. The maximum atomic E-state index is 10.8. The summed E-state index contributed by atoms with van der Waals surface area (Å²) < 4.78 is 28.9. The highest BCUT2D eigenvalue weighted by Crippen LogP contribution is 2.50. The third kappa shape index (κ3) is 8.37. The van der Waals surface area contributed by atoms with E-state index in [1.165, 1.54) is 0 Å². The van der Waals surface area contributed by atoms with Crippen LogP contribution in [0.3, 0.4) is 0 Å². The van der Waals surface area contributed by atoms with Gasteiger partial charge in [-0.1, -0.05) is 11.6 Å². The van der Waals surface area contributed by atoms with Crippen LogP contribution in [0.4, 0.5) is 0 Å². The molecule has 0 aliphatic heterocycles. The molecule has 0 saturated heterocycles. The highest BCUT2D eigenvalue weighted by Gasteiger charge is 2.22. The van der Waals surface area contributed by atoms with Crippen LogP contribution in [-0.2, 0) is 18.0 Å². The molecule has 0 aromatic rings. The Morgan fingerprint density at radius 1 is 1.62 bits per heavy atom. The number of allylic oxidation sites excluding steroid dienone is 1. The summed E-state index contributed by atoms with van der Waals surface area (Å²) in [6, 6.07) is 0. The zero-order valence-corrected chi connectivity index (χ0v) is 9.15. The number of hydrogen-bond donors (Lipinski definition) is 2. The third-order valence-electron chi connectivity index (χ3n) is 0.923. The second kappa shape index (κ2) is 5.70. The quantitative estimate of drug-likeness (QED) is 0.548. The zero-order chi connectivity index (χ0) is 10.5. The lowest BCUT2D eigenvalue weighted by Crippen LogP contribution is -1.90. The van der Waals surface area contributed by atoms with Crippen molar-refractivity contribution in [2.45, 2.75) is 13.8 Å². The summed E-state index contributed by atoms with van der Waals surface area (Å²) in [6.07, 6.45) is 1.54. The molecule has 0 aromatic heterocycles. The number of phosphoric acid groups is 1. The Kier molecular flexibility index (Phi) is 5.72. The summed E-state index contributed by atoms with van der Waals surface area (Å²) in [6.45, 7) is 3.42. The topological polar surface area (TPSA) is 93.1 Å². The molecule has 0 spiro atoms. The molecule has 0 bridgehead atoms. The van der Waals surface area contributed by atoms with Gasteiger partial charge in [-0.15, -0.1) is 0 Å². The van der Waals surface area contributed by atoms with E-state index in [-0.39, 0.29) is 6.61 Å². The molecule has 6 nitrogen and oxygen atoms in total. The second-order valence-electron chi connectivity index (χ2n) is 2.40. The van der Waals surface area contributed by atoms with Gasteiger partial charge in [-0.05, 0) is 13.8 Å². The number of rotatable bonds is 5. The highest BCUT2D eigenvalue weighted by molar-refractivity contribution is 7.55. The van der Waals surface area contributed by atoms with E-state index >= 15 is 0 Å². The van der Waals surface area contributed by atoms with Crippen molar-refractivity contribution in [3.05, 3.63) is 11.6 Å². The van der Waals surface area contributed by atoms with Gasteiger partial charge in [0.15, 0.2) is 0 Å². The molecule has 0 amide bonds. The van der Waals surface area contributed by atoms with Crippen LogP contribution >= 0.6 is 16.1 Å². The van der Waals surface area contributed by atoms with Gasteiger partial charge in [0.2, 0.25) is 0 Å². The monoisotopic (exact) mass is 230 g/mol. The molecule has 0 rings (SSSR count). The van der Waals surface area contributed by atoms with Gasteiger partial charge >= 0.3 is 16.1 Å². The van der Waals surface area contributed by atoms with E-state index in [9.17, 15) is 9.13 Å². The van der Waals surface area contributed by atoms with Crippen LogP contribution in [0.15, 0.2) is 11.6 Å². The van der Waals surface area contributed by atoms with Crippen molar-refractivity contribution in [2.24, 2.45) is 0 Å². The van der Waals surface area contributed by atoms with Crippen LogP contribution in [0.25, 0.3) is 0 Å². The smallest absolute Gasteiger partial charge is 0.326 e. The normalized spacial score (nSPS) is 17.5. The molecule has 13 heavy (non-hydrogen) atoms. The predicted octanol–water partition coefficient (Wildman–Crippen LogP) is 1.47. The molecule has 0 saturated carbocycles. The van der Waals surface area contributed by atoms with Crippen LogP contribution in [0.1, 0.15) is 13.8 Å². The van der Waals surface area contributed by atoms with Crippen molar-refractivity contribution in [1.82, 2.24) is 0 Å². The van der Waals surface area contributed by atoms with E-state index in [2.05, 4.69) is 8.83 Å². The van der Waals surface area contributed by atoms with E-state index in [1.807, 2.05) is 0 Å². The molecule has 0 aromatic carbocycles. The summed E-state index contributed by atoms with van der Waals surface area (Å²) >= 11 is 0. The Labute approximate surface area is 76.8 Å². The van der Waals surface area contributed by atoms with Gasteiger partial charge in [0, 0.05) is 0 Å². The fourth-order valence-corrected chi connectivity index (χ4v) is 1.69. The first-order valence-corrected chi connectivity index (χ1v) is 6.12. The molecule has 2 unspecified atom stereocenters. The molecular weight excluding hydrogens is 218 g/mol. The summed E-state index contributed by atoms with van der Waals surface area (Å²) in [5.41, 5.74) is 0.900. The molecule has 0 radical (unpaired) electrons. The second-order valence-corrected chi connectivity index (χ2v) is 4.86. The first kappa shape index (κ1) is 13.0. The van der Waals surface area contributed by atoms with Gasteiger partial charge in [-0.2, -0.15) is 0 Å². The third-order valence-corrected chi connectivity index (χ3v) is 2.95. The van der Waals surface area contributed by atoms with Gasteiger partial charge in [0.05, 0.1) is 6.61 Å². The molecule has 0 heterocycles. The zero-order valence-electron chi connectivity index (χ0n) is 7.26. The van der Waals surface area contributed by atoms with Crippen LogP contribution in [0.2, 0.25) is 0 Å². The van der Waals surface area contributed by atoms with Crippen LogP contribution in [0, 0.1) is 0 Å². The lowest BCUT2D eigenvalue weighted by atomic mass is 10.3. The minimum atomic E-state index is -4.37. The van der Waals surface area contributed by atoms with Crippen LogP contribution < -0.4 is 0 Å². The van der Waals surface area contributed by atoms with Crippen LogP contribution in [0.5, 0.6) is 0 Å². The van der Waals surface area contributed by atoms with Gasteiger partial charge in [-0.25, -0.2) is 8.88 Å². The summed E-state index contributed by atoms with van der Waals surface area (Å²) in [7, 11) is -7.82. The van der Waals surface area contributed by atoms with E-state index in [1.54, 1.807) is 19.9 Å². The maximum absolute atomic E-state index is 10.8. The summed E-state index contributed by atoms with van der Waals surface area (Å²) in [5.74, 6) is 0.